The number of aliphatic hydroxyl groups is 1. The number of benzene rings is 1. The minimum atomic E-state index is -0.535. The van der Waals surface area contributed by atoms with Gasteiger partial charge in [0.1, 0.15) is 5.60 Å². The van der Waals surface area contributed by atoms with Crippen molar-refractivity contribution in [1.29, 1.82) is 0 Å². The molecule has 0 saturated carbocycles. The average Bonchev–Trinajstić information content (AvgIpc) is 2.46. The molecule has 130 valence electrons. The average molecular weight is 342 g/mol. The first kappa shape index (κ1) is 19.8. The zero-order valence-electron chi connectivity index (χ0n) is 14.5. The van der Waals surface area contributed by atoms with E-state index in [4.69, 9.17) is 16.3 Å². The van der Waals surface area contributed by atoms with Gasteiger partial charge in [-0.3, -0.25) is 0 Å². The fourth-order valence-electron chi connectivity index (χ4n) is 2.57. The predicted molar refractivity (Wildman–Crippen MR) is 93.8 cm³/mol. The molecule has 0 aliphatic rings. The minimum absolute atomic E-state index is 0.000730. The van der Waals surface area contributed by atoms with Crippen LogP contribution in [0.4, 0.5) is 4.79 Å². The molecule has 1 aromatic rings. The molecule has 4 nitrogen and oxygen atoms in total. The number of aliphatic hydroxyl groups excluding tert-OH is 1. The van der Waals surface area contributed by atoms with Gasteiger partial charge in [0.05, 0.1) is 6.61 Å². The van der Waals surface area contributed by atoms with E-state index in [1.165, 1.54) is 0 Å². The molecule has 5 heteroatoms. The summed E-state index contributed by atoms with van der Waals surface area (Å²) < 4.78 is 5.27. The summed E-state index contributed by atoms with van der Waals surface area (Å²) in [6, 6.07) is 7.59. The molecule has 1 atom stereocenters. The summed E-state index contributed by atoms with van der Waals surface area (Å²) >= 11 is 5.92. The molecular weight excluding hydrogens is 314 g/mol. The Labute approximate surface area is 144 Å². The molecule has 0 aliphatic heterocycles. The van der Waals surface area contributed by atoms with Crippen molar-refractivity contribution >= 4 is 17.7 Å². The van der Waals surface area contributed by atoms with Gasteiger partial charge in [0, 0.05) is 17.0 Å². The zero-order chi connectivity index (χ0) is 17.5. The summed E-state index contributed by atoms with van der Waals surface area (Å²) in [6.45, 7) is 7.91. The largest absolute Gasteiger partial charge is 0.444 e. The number of rotatable bonds is 7. The molecule has 0 fully saturated rings. The Morgan fingerprint density at radius 2 is 1.87 bits per heavy atom. The first-order chi connectivity index (χ1) is 10.7. The molecule has 0 radical (unpaired) electrons. The Hall–Kier alpha value is -1.26. The van der Waals surface area contributed by atoms with Gasteiger partial charge in [0.25, 0.3) is 0 Å². The van der Waals surface area contributed by atoms with E-state index in [0.717, 1.165) is 18.4 Å². The number of halogens is 1. The van der Waals surface area contributed by atoms with Crippen molar-refractivity contribution in [2.75, 3.05) is 13.2 Å². The molecule has 2 N–H and O–H groups in total. The SMILES string of the molecule is CCCC(CO)(CNC(=O)OC(C)(C)C)Cc1ccc(Cl)cc1. The molecule has 1 aromatic carbocycles. The van der Waals surface area contributed by atoms with Gasteiger partial charge < -0.3 is 15.2 Å². The van der Waals surface area contributed by atoms with E-state index in [-0.39, 0.29) is 6.61 Å². The number of ether oxygens (including phenoxy) is 1. The summed E-state index contributed by atoms with van der Waals surface area (Å²) in [5, 5.41) is 13.4. The van der Waals surface area contributed by atoms with Crippen molar-refractivity contribution in [3.63, 3.8) is 0 Å². The number of nitrogens with one attached hydrogen (secondary N) is 1. The maximum atomic E-state index is 11.9. The van der Waals surface area contributed by atoms with Crippen LogP contribution in [0.1, 0.15) is 46.1 Å². The quantitative estimate of drug-likeness (QED) is 0.782. The molecule has 0 aliphatic carbocycles. The molecule has 23 heavy (non-hydrogen) atoms. The van der Waals surface area contributed by atoms with Gasteiger partial charge in [-0.2, -0.15) is 0 Å². The Bertz CT molecular complexity index is 496. The molecule has 1 amide bonds. The highest BCUT2D eigenvalue weighted by atomic mass is 35.5. The van der Waals surface area contributed by atoms with Gasteiger partial charge in [-0.05, 0) is 51.3 Å². The number of amides is 1. The fourth-order valence-corrected chi connectivity index (χ4v) is 2.70. The van der Waals surface area contributed by atoms with Crippen molar-refractivity contribution < 1.29 is 14.6 Å². The minimum Gasteiger partial charge on any atom is -0.444 e. The summed E-state index contributed by atoms with van der Waals surface area (Å²) in [7, 11) is 0. The summed E-state index contributed by atoms with van der Waals surface area (Å²) in [4.78, 5) is 11.9. The third-order valence-corrected chi connectivity index (χ3v) is 3.87. The van der Waals surface area contributed by atoms with Gasteiger partial charge in [0.15, 0.2) is 0 Å². The summed E-state index contributed by atoms with van der Waals surface area (Å²) in [5.41, 5.74) is 0.148. The zero-order valence-corrected chi connectivity index (χ0v) is 15.2. The molecule has 0 aromatic heterocycles. The van der Waals surface area contributed by atoms with Crippen molar-refractivity contribution in [2.45, 2.75) is 52.6 Å². The van der Waals surface area contributed by atoms with Crippen molar-refractivity contribution in [3.8, 4) is 0 Å². The first-order valence-corrected chi connectivity index (χ1v) is 8.40. The highest BCUT2D eigenvalue weighted by Gasteiger charge is 2.30. The summed E-state index contributed by atoms with van der Waals surface area (Å²) in [5.74, 6) is 0. The molecule has 0 heterocycles. The lowest BCUT2D eigenvalue weighted by atomic mass is 9.78. The van der Waals surface area contributed by atoms with E-state index < -0.39 is 17.1 Å². The Balaban J connectivity index is 2.77. The Kier molecular flexibility index (Phi) is 7.36. The van der Waals surface area contributed by atoms with Crippen LogP contribution in [0.3, 0.4) is 0 Å². The van der Waals surface area contributed by atoms with Crippen LogP contribution < -0.4 is 5.32 Å². The number of hydrogen-bond donors (Lipinski definition) is 2. The second kappa shape index (κ2) is 8.55. The van der Waals surface area contributed by atoms with E-state index in [0.29, 0.717) is 18.0 Å². The topological polar surface area (TPSA) is 58.6 Å². The molecule has 0 spiro atoms. The van der Waals surface area contributed by atoms with Gasteiger partial charge in [-0.1, -0.05) is 37.1 Å². The van der Waals surface area contributed by atoms with Crippen molar-refractivity contribution in [1.82, 2.24) is 5.32 Å². The van der Waals surface area contributed by atoms with Crippen LogP contribution >= 0.6 is 11.6 Å². The van der Waals surface area contributed by atoms with E-state index in [9.17, 15) is 9.90 Å². The van der Waals surface area contributed by atoms with Crippen LogP contribution in [-0.2, 0) is 11.2 Å². The van der Waals surface area contributed by atoms with Crippen LogP contribution in [0.15, 0.2) is 24.3 Å². The van der Waals surface area contributed by atoms with E-state index in [1.54, 1.807) is 0 Å². The maximum Gasteiger partial charge on any atom is 0.407 e. The monoisotopic (exact) mass is 341 g/mol. The van der Waals surface area contributed by atoms with E-state index in [2.05, 4.69) is 12.2 Å². The number of alkyl carbamates (subject to hydrolysis) is 1. The molecule has 0 bridgehead atoms. The van der Waals surface area contributed by atoms with Gasteiger partial charge in [-0.25, -0.2) is 4.79 Å². The number of hydrogen-bond acceptors (Lipinski definition) is 3. The van der Waals surface area contributed by atoms with Gasteiger partial charge >= 0.3 is 6.09 Å². The normalized spacial score (nSPS) is 14.2. The Morgan fingerprint density at radius 3 is 2.35 bits per heavy atom. The van der Waals surface area contributed by atoms with Crippen molar-refractivity contribution in [2.24, 2.45) is 5.41 Å². The van der Waals surface area contributed by atoms with Crippen LogP contribution in [0.5, 0.6) is 0 Å². The smallest absolute Gasteiger partial charge is 0.407 e. The second-order valence-electron chi connectivity index (χ2n) is 7.07. The van der Waals surface area contributed by atoms with E-state index in [1.807, 2.05) is 45.0 Å². The standard InChI is InChI=1S/C18H28ClNO3/c1-5-10-18(13-21,11-14-6-8-15(19)9-7-14)12-20-16(22)23-17(2,3)4/h6-9,21H,5,10-13H2,1-4H3,(H,20,22). The maximum absolute atomic E-state index is 11.9. The summed E-state index contributed by atoms with van der Waals surface area (Å²) in [6.07, 6.45) is 1.94. The molecule has 1 unspecified atom stereocenters. The van der Waals surface area contributed by atoms with Crippen molar-refractivity contribution in [3.05, 3.63) is 34.9 Å². The third-order valence-electron chi connectivity index (χ3n) is 3.61. The third kappa shape index (κ3) is 7.23. The number of carbonyl (C=O) groups excluding carboxylic acids is 1. The lowest BCUT2D eigenvalue weighted by Gasteiger charge is -2.32. The Morgan fingerprint density at radius 1 is 1.26 bits per heavy atom. The highest BCUT2D eigenvalue weighted by Crippen LogP contribution is 2.28. The lowest BCUT2D eigenvalue weighted by molar-refractivity contribution is 0.0455. The highest BCUT2D eigenvalue weighted by molar-refractivity contribution is 6.30. The van der Waals surface area contributed by atoms with E-state index >= 15 is 0 Å². The molecule has 0 saturated heterocycles. The van der Waals surface area contributed by atoms with Gasteiger partial charge in [0.2, 0.25) is 0 Å². The fraction of sp³-hybridized carbons (Fsp3) is 0.611. The molecule has 1 rings (SSSR count). The van der Waals surface area contributed by atoms with Crippen LogP contribution in [-0.4, -0.2) is 30.0 Å². The predicted octanol–water partition coefficient (Wildman–Crippen LogP) is 4.19. The lowest BCUT2D eigenvalue weighted by Crippen LogP contribution is -2.43. The second-order valence-corrected chi connectivity index (χ2v) is 7.50. The van der Waals surface area contributed by atoms with Crippen LogP contribution in [0, 0.1) is 5.41 Å². The first-order valence-electron chi connectivity index (χ1n) is 8.02. The molecular formula is C18H28ClNO3. The van der Waals surface area contributed by atoms with Gasteiger partial charge in [-0.15, -0.1) is 0 Å². The van der Waals surface area contributed by atoms with Crippen LogP contribution in [0.25, 0.3) is 0 Å². The number of carbonyl (C=O) groups is 1. The van der Waals surface area contributed by atoms with Crippen LogP contribution in [0.2, 0.25) is 5.02 Å².